The highest BCUT2D eigenvalue weighted by atomic mass is 16.5. The largest absolute Gasteiger partial charge is 0.484 e. The summed E-state index contributed by atoms with van der Waals surface area (Å²) >= 11 is 0. The molecule has 1 fully saturated rings. The molecule has 1 heterocycles. The molecule has 4 heteroatoms. The standard InChI is InChI=1S/C15H21NO3/c1-11-5-6-14(12(2)8-11)19-10-15(18)16-7-3-4-13(16)9-17/h5-6,8,13,17H,3-4,7,9-10H2,1-2H3/t13-/m1/s1. The van der Waals surface area contributed by atoms with Crippen LogP contribution in [0.25, 0.3) is 0 Å². The number of aliphatic hydroxyl groups excluding tert-OH is 1. The first-order valence-electron chi connectivity index (χ1n) is 6.72. The summed E-state index contributed by atoms with van der Waals surface area (Å²) in [5.41, 5.74) is 2.21. The topological polar surface area (TPSA) is 49.8 Å². The molecule has 1 amide bonds. The molecule has 1 atom stereocenters. The van der Waals surface area contributed by atoms with E-state index in [-0.39, 0.29) is 25.2 Å². The molecule has 1 N–H and O–H groups in total. The van der Waals surface area contributed by atoms with Gasteiger partial charge in [0.2, 0.25) is 0 Å². The van der Waals surface area contributed by atoms with Crippen LogP contribution in [0, 0.1) is 13.8 Å². The van der Waals surface area contributed by atoms with Crippen molar-refractivity contribution in [2.45, 2.75) is 32.7 Å². The van der Waals surface area contributed by atoms with Gasteiger partial charge in [-0.3, -0.25) is 4.79 Å². The molecule has 0 saturated carbocycles. The summed E-state index contributed by atoms with van der Waals surface area (Å²) in [7, 11) is 0. The van der Waals surface area contributed by atoms with Crippen molar-refractivity contribution in [2.75, 3.05) is 19.8 Å². The van der Waals surface area contributed by atoms with Gasteiger partial charge in [0.1, 0.15) is 5.75 Å². The molecule has 1 aromatic rings. The maximum Gasteiger partial charge on any atom is 0.260 e. The molecule has 19 heavy (non-hydrogen) atoms. The maximum absolute atomic E-state index is 12.1. The summed E-state index contributed by atoms with van der Waals surface area (Å²) in [5, 5.41) is 9.21. The van der Waals surface area contributed by atoms with Crippen molar-refractivity contribution in [1.82, 2.24) is 4.90 Å². The van der Waals surface area contributed by atoms with Crippen molar-refractivity contribution in [3.8, 4) is 5.75 Å². The highest BCUT2D eigenvalue weighted by Crippen LogP contribution is 2.20. The average molecular weight is 263 g/mol. The number of carbonyl (C=O) groups excluding carboxylic acids is 1. The molecule has 0 bridgehead atoms. The number of amides is 1. The molecule has 104 valence electrons. The first kappa shape index (κ1) is 13.9. The van der Waals surface area contributed by atoms with Gasteiger partial charge in [0.05, 0.1) is 12.6 Å². The van der Waals surface area contributed by atoms with Gasteiger partial charge in [-0.05, 0) is 38.3 Å². The number of aliphatic hydroxyl groups is 1. The Kier molecular flexibility index (Phi) is 4.43. The fourth-order valence-corrected chi connectivity index (χ4v) is 2.54. The molecule has 0 spiro atoms. The first-order valence-corrected chi connectivity index (χ1v) is 6.72. The van der Waals surface area contributed by atoms with Crippen LogP contribution in [-0.4, -0.2) is 41.7 Å². The lowest BCUT2D eigenvalue weighted by Crippen LogP contribution is -2.40. The zero-order valence-corrected chi connectivity index (χ0v) is 11.6. The van der Waals surface area contributed by atoms with Gasteiger partial charge in [0.25, 0.3) is 5.91 Å². The fourth-order valence-electron chi connectivity index (χ4n) is 2.54. The second-order valence-corrected chi connectivity index (χ2v) is 5.12. The van der Waals surface area contributed by atoms with E-state index in [1.165, 1.54) is 5.56 Å². The first-order chi connectivity index (χ1) is 9.11. The molecule has 1 aliphatic heterocycles. The average Bonchev–Trinajstić information content (AvgIpc) is 2.85. The smallest absolute Gasteiger partial charge is 0.260 e. The Bertz CT molecular complexity index is 459. The van der Waals surface area contributed by atoms with Crippen molar-refractivity contribution in [2.24, 2.45) is 0 Å². The molecule has 0 unspecified atom stereocenters. The van der Waals surface area contributed by atoms with Gasteiger partial charge in [0, 0.05) is 6.54 Å². The molecule has 1 aromatic carbocycles. The second-order valence-electron chi connectivity index (χ2n) is 5.12. The minimum absolute atomic E-state index is 0.0322. The Morgan fingerprint density at radius 3 is 2.95 bits per heavy atom. The van der Waals surface area contributed by atoms with E-state index >= 15 is 0 Å². The number of nitrogens with zero attached hydrogens (tertiary/aromatic N) is 1. The number of hydrogen-bond donors (Lipinski definition) is 1. The number of likely N-dealkylation sites (tertiary alicyclic amines) is 1. The fraction of sp³-hybridized carbons (Fsp3) is 0.533. The van der Waals surface area contributed by atoms with Crippen LogP contribution in [0.1, 0.15) is 24.0 Å². The number of benzene rings is 1. The minimum atomic E-state index is -0.0449. The van der Waals surface area contributed by atoms with Crippen molar-refractivity contribution >= 4 is 5.91 Å². The normalized spacial score (nSPS) is 18.7. The summed E-state index contributed by atoms with van der Waals surface area (Å²) in [6.45, 7) is 4.80. The zero-order chi connectivity index (χ0) is 13.8. The SMILES string of the molecule is Cc1ccc(OCC(=O)N2CCC[C@@H]2CO)c(C)c1. The minimum Gasteiger partial charge on any atom is -0.484 e. The third-order valence-corrected chi connectivity index (χ3v) is 3.59. The molecule has 2 rings (SSSR count). The van der Waals surface area contributed by atoms with Crippen LogP contribution in [0.2, 0.25) is 0 Å². The summed E-state index contributed by atoms with van der Waals surface area (Å²) in [4.78, 5) is 13.8. The Morgan fingerprint density at radius 1 is 1.47 bits per heavy atom. The third-order valence-electron chi connectivity index (χ3n) is 3.59. The van der Waals surface area contributed by atoms with Crippen LogP contribution in [0.4, 0.5) is 0 Å². The highest BCUT2D eigenvalue weighted by Gasteiger charge is 2.28. The van der Waals surface area contributed by atoms with E-state index in [1.807, 2.05) is 32.0 Å². The molecule has 1 saturated heterocycles. The van der Waals surface area contributed by atoms with E-state index in [1.54, 1.807) is 4.90 Å². The summed E-state index contributed by atoms with van der Waals surface area (Å²) < 4.78 is 5.59. The molecular weight excluding hydrogens is 242 g/mol. The van der Waals surface area contributed by atoms with E-state index in [0.29, 0.717) is 0 Å². The van der Waals surface area contributed by atoms with Gasteiger partial charge in [-0.1, -0.05) is 17.7 Å². The van der Waals surface area contributed by atoms with Gasteiger partial charge in [-0.2, -0.15) is 0 Å². The van der Waals surface area contributed by atoms with Gasteiger partial charge < -0.3 is 14.7 Å². The summed E-state index contributed by atoms with van der Waals surface area (Å²) in [5.74, 6) is 0.704. The molecule has 4 nitrogen and oxygen atoms in total. The van der Waals surface area contributed by atoms with Crippen LogP contribution in [0.15, 0.2) is 18.2 Å². The molecule has 1 aliphatic rings. The van der Waals surface area contributed by atoms with Gasteiger partial charge in [0.15, 0.2) is 6.61 Å². The van der Waals surface area contributed by atoms with Gasteiger partial charge >= 0.3 is 0 Å². The predicted octanol–water partition coefficient (Wildman–Crippen LogP) is 1.67. The van der Waals surface area contributed by atoms with Crippen LogP contribution in [0.3, 0.4) is 0 Å². The Morgan fingerprint density at radius 2 is 2.26 bits per heavy atom. The van der Waals surface area contributed by atoms with Gasteiger partial charge in [-0.15, -0.1) is 0 Å². The monoisotopic (exact) mass is 263 g/mol. The second kappa shape index (κ2) is 6.06. The highest BCUT2D eigenvalue weighted by molar-refractivity contribution is 5.78. The molecule has 0 aromatic heterocycles. The lowest BCUT2D eigenvalue weighted by Gasteiger charge is -2.23. The van der Waals surface area contributed by atoms with Crippen LogP contribution >= 0.6 is 0 Å². The number of aryl methyl sites for hydroxylation is 2. The van der Waals surface area contributed by atoms with E-state index in [0.717, 1.165) is 30.7 Å². The van der Waals surface area contributed by atoms with Crippen molar-refractivity contribution in [3.63, 3.8) is 0 Å². The summed E-state index contributed by atoms with van der Waals surface area (Å²) in [6.07, 6.45) is 1.84. The third kappa shape index (κ3) is 3.26. The number of ether oxygens (including phenoxy) is 1. The van der Waals surface area contributed by atoms with Crippen LogP contribution < -0.4 is 4.74 Å². The Labute approximate surface area is 114 Å². The summed E-state index contributed by atoms with van der Waals surface area (Å²) in [6, 6.07) is 5.87. The predicted molar refractivity (Wildman–Crippen MR) is 73.2 cm³/mol. The molecule has 0 radical (unpaired) electrons. The van der Waals surface area contributed by atoms with Crippen LogP contribution in [-0.2, 0) is 4.79 Å². The number of carbonyl (C=O) groups is 1. The van der Waals surface area contributed by atoms with Crippen molar-refractivity contribution in [1.29, 1.82) is 0 Å². The van der Waals surface area contributed by atoms with Crippen LogP contribution in [0.5, 0.6) is 5.75 Å². The van der Waals surface area contributed by atoms with Crippen molar-refractivity contribution in [3.05, 3.63) is 29.3 Å². The van der Waals surface area contributed by atoms with E-state index in [9.17, 15) is 9.90 Å². The van der Waals surface area contributed by atoms with E-state index in [2.05, 4.69) is 0 Å². The van der Waals surface area contributed by atoms with Crippen molar-refractivity contribution < 1.29 is 14.6 Å². The Balaban J connectivity index is 1.93. The van der Waals surface area contributed by atoms with Gasteiger partial charge in [-0.25, -0.2) is 0 Å². The maximum atomic E-state index is 12.1. The molecular formula is C15H21NO3. The zero-order valence-electron chi connectivity index (χ0n) is 11.6. The quantitative estimate of drug-likeness (QED) is 0.899. The molecule has 0 aliphatic carbocycles. The number of rotatable bonds is 4. The lowest BCUT2D eigenvalue weighted by molar-refractivity contribution is -0.134. The Hall–Kier alpha value is -1.55. The van der Waals surface area contributed by atoms with E-state index in [4.69, 9.17) is 4.74 Å². The number of hydrogen-bond acceptors (Lipinski definition) is 3. The van der Waals surface area contributed by atoms with E-state index < -0.39 is 0 Å². The lowest BCUT2D eigenvalue weighted by atomic mass is 10.1.